The van der Waals surface area contributed by atoms with Crippen LogP contribution in [0.3, 0.4) is 0 Å². The Labute approximate surface area is 96.8 Å². The van der Waals surface area contributed by atoms with E-state index in [2.05, 4.69) is 11.2 Å². The van der Waals surface area contributed by atoms with Gasteiger partial charge in [0.1, 0.15) is 5.82 Å². The van der Waals surface area contributed by atoms with Gasteiger partial charge in [-0.2, -0.15) is 13.2 Å². The van der Waals surface area contributed by atoms with Crippen LogP contribution >= 0.6 is 0 Å². The van der Waals surface area contributed by atoms with Crippen molar-refractivity contribution in [2.24, 2.45) is 0 Å². The molecule has 92 valence electrons. The molecule has 0 fully saturated rings. The average molecular weight is 245 g/mol. The number of nitrogens with one attached hydrogen (secondary N) is 1. The molecule has 0 saturated carbocycles. The monoisotopic (exact) mass is 245 g/mol. The van der Waals surface area contributed by atoms with Gasteiger partial charge in [0.25, 0.3) is 0 Å². The first-order valence-corrected chi connectivity index (χ1v) is 4.89. The van der Waals surface area contributed by atoms with Crippen LogP contribution in [0.1, 0.15) is 18.1 Å². The Balaban J connectivity index is 2.96. The maximum absolute atomic E-state index is 12.8. The van der Waals surface area contributed by atoms with Crippen LogP contribution in [-0.4, -0.2) is 6.04 Å². The van der Waals surface area contributed by atoms with Crippen molar-refractivity contribution in [2.75, 3.05) is 0 Å². The highest BCUT2D eigenvalue weighted by atomic mass is 19.4. The Morgan fingerprint density at radius 2 is 2.06 bits per heavy atom. The van der Waals surface area contributed by atoms with Crippen LogP contribution in [0.5, 0.6) is 0 Å². The van der Waals surface area contributed by atoms with Crippen molar-refractivity contribution in [2.45, 2.75) is 25.7 Å². The highest BCUT2D eigenvalue weighted by Gasteiger charge is 2.33. The predicted octanol–water partition coefficient (Wildman–Crippen LogP) is 2.96. The average Bonchev–Trinajstić information content (AvgIpc) is 2.25. The summed E-state index contributed by atoms with van der Waals surface area (Å²) in [6, 6.07) is 2.24. The minimum Gasteiger partial charge on any atom is -0.300 e. The number of halogens is 4. The number of hydrogen-bond donors (Lipinski definition) is 1. The van der Waals surface area contributed by atoms with Gasteiger partial charge >= 0.3 is 6.18 Å². The predicted molar refractivity (Wildman–Crippen MR) is 56.5 cm³/mol. The van der Waals surface area contributed by atoms with Gasteiger partial charge in [0.2, 0.25) is 0 Å². The Hall–Kier alpha value is -1.54. The summed E-state index contributed by atoms with van der Waals surface area (Å²) in [6.07, 6.45) is 0.518. The molecule has 1 N–H and O–H groups in total. The van der Waals surface area contributed by atoms with Gasteiger partial charge in [0, 0.05) is 6.54 Å². The highest BCUT2D eigenvalue weighted by Crippen LogP contribution is 2.32. The molecular formula is C12H11F4N. The molecule has 1 nitrogen and oxygen atoms in total. The Morgan fingerprint density at radius 3 is 2.59 bits per heavy atom. The third-order valence-electron chi connectivity index (χ3n) is 2.23. The van der Waals surface area contributed by atoms with Crippen LogP contribution < -0.4 is 5.32 Å². The smallest absolute Gasteiger partial charge is 0.300 e. The molecule has 0 aliphatic rings. The first kappa shape index (κ1) is 13.5. The lowest BCUT2D eigenvalue weighted by Crippen LogP contribution is -2.25. The summed E-state index contributed by atoms with van der Waals surface area (Å²) in [7, 11) is 0. The maximum atomic E-state index is 12.8. The van der Waals surface area contributed by atoms with Crippen molar-refractivity contribution in [3.8, 4) is 12.3 Å². The molecule has 1 rings (SSSR count). The molecule has 0 aliphatic heterocycles. The van der Waals surface area contributed by atoms with Gasteiger partial charge < -0.3 is 0 Å². The molecule has 5 heteroatoms. The van der Waals surface area contributed by atoms with Gasteiger partial charge in [-0.05, 0) is 24.6 Å². The molecule has 1 atom stereocenters. The largest absolute Gasteiger partial charge is 0.416 e. The van der Waals surface area contributed by atoms with Crippen molar-refractivity contribution < 1.29 is 17.6 Å². The molecule has 0 aromatic heterocycles. The molecule has 0 saturated heterocycles. The molecule has 0 heterocycles. The van der Waals surface area contributed by atoms with Crippen molar-refractivity contribution >= 4 is 0 Å². The fourth-order valence-electron chi connectivity index (χ4n) is 1.29. The highest BCUT2D eigenvalue weighted by molar-refractivity contribution is 5.30. The summed E-state index contributed by atoms with van der Waals surface area (Å²) in [6.45, 7) is 1.59. The van der Waals surface area contributed by atoms with Crippen molar-refractivity contribution in [1.29, 1.82) is 0 Å². The van der Waals surface area contributed by atoms with E-state index >= 15 is 0 Å². The Morgan fingerprint density at radius 1 is 1.41 bits per heavy atom. The molecule has 0 bridgehead atoms. The zero-order valence-electron chi connectivity index (χ0n) is 9.11. The molecule has 1 unspecified atom stereocenters. The first-order chi connectivity index (χ1) is 7.84. The van der Waals surface area contributed by atoms with E-state index in [0.29, 0.717) is 6.07 Å². The van der Waals surface area contributed by atoms with E-state index in [9.17, 15) is 17.6 Å². The van der Waals surface area contributed by atoms with Crippen LogP contribution in [0.15, 0.2) is 18.2 Å². The van der Waals surface area contributed by atoms with Crippen molar-refractivity contribution in [3.05, 3.63) is 35.1 Å². The van der Waals surface area contributed by atoms with Crippen LogP contribution in [0.4, 0.5) is 17.6 Å². The minimum absolute atomic E-state index is 0.0269. The number of terminal acetylenes is 1. The van der Waals surface area contributed by atoms with Crippen LogP contribution in [0, 0.1) is 18.2 Å². The Kier molecular flexibility index (Phi) is 4.13. The number of alkyl halides is 3. The summed E-state index contributed by atoms with van der Waals surface area (Å²) in [5, 5.41) is 2.72. The lowest BCUT2D eigenvalue weighted by molar-refractivity contribution is -0.138. The fraction of sp³-hybridized carbons (Fsp3) is 0.333. The van der Waals surface area contributed by atoms with Crippen LogP contribution in [0.25, 0.3) is 0 Å². The number of rotatable bonds is 3. The molecule has 0 aliphatic carbocycles. The third kappa shape index (κ3) is 3.75. The first-order valence-electron chi connectivity index (χ1n) is 4.89. The Bertz CT molecular complexity index is 431. The quantitative estimate of drug-likeness (QED) is 0.637. The molecule has 0 radical (unpaired) electrons. The van der Waals surface area contributed by atoms with E-state index in [1.165, 1.54) is 0 Å². The van der Waals surface area contributed by atoms with Gasteiger partial charge in [0.05, 0.1) is 11.6 Å². The SMILES string of the molecule is C#CC(C)NCc1ccc(F)cc1C(F)(F)F. The third-order valence-corrected chi connectivity index (χ3v) is 2.23. The zero-order chi connectivity index (χ0) is 13.1. The van der Waals surface area contributed by atoms with Gasteiger partial charge in [0.15, 0.2) is 0 Å². The van der Waals surface area contributed by atoms with E-state index < -0.39 is 17.6 Å². The number of benzene rings is 1. The topological polar surface area (TPSA) is 12.0 Å². The summed E-state index contributed by atoms with van der Waals surface area (Å²) in [4.78, 5) is 0. The number of hydrogen-bond acceptors (Lipinski definition) is 1. The summed E-state index contributed by atoms with van der Waals surface area (Å²) < 4.78 is 50.6. The van der Waals surface area contributed by atoms with E-state index in [1.54, 1.807) is 6.92 Å². The molecule has 0 amide bonds. The minimum atomic E-state index is -4.57. The van der Waals surface area contributed by atoms with E-state index in [-0.39, 0.29) is 18.2 Å². The maximum Gasteiger partial charge on any atom is 0.416 e. The summed E-state index contributed by atoms with van der Waals surface area (Å²) >= 11 is 0. The summed E-state index contributed by atoms with van der Waals surface area (Å²) in [5.74, 6) is 1.43. The van der Waals surface area contributed by atoms with E-state index in [0.717, 1.165) is 12.1 Å². The van der Waals surface area contributed by atoms with Gasteiger partial charge in [-0.25, -0.2) is 4.39 Å². The second-order valence-corrected chi connectivity index (χ2v) is 3.57. The van der Waals surface area contributed by atoms with Crippen molar-refractivity contribution in [3.63, 3.8) is 0 Å². The lowest BCUT2D eigenvalue weighted by atomic mass is 10.1. The van der Waals surface area contributed by atoms with E-state index in [4.69, 9.17) is 6.42 Å². The summed E-state index contributed by atoms with van der Waals surface area (Å²) in [5.41, 5.74) is -1.00. The lowest BCUT2D eigenvalue weighted by Gasteiger charge is -2.14. The second-order valence-electron chi connectivity index (χ2n) is 3.57. The molecular weight excluding hydrogens is 234 g/mol. The second kappa shape index (κ2) is 5.19. The molecule has 0 spiro atoms. The molecule has 1 aromatic carbocycles. The fourth-order valence-corrected chi connectivity index (χ4v) is 1.29. The van der Waals surface area contributed by atoms with E-state index in [1.807, 2.05) is 0 Å². The van der Waals surface area contributed by atoms with Crippen molar-refractivity contribution in [1.82, 2.24) is 5.32 Å². The standard InChI is InChI=1S/C12H11F4N/c1-3-8(2)17-7-9-4-5-10(13)6-11(9)12(14,15)16/h1,4-6,8,17H,7H2,2H3. The molecule has 1 aromatic rings. The van der Waals surface area contributed by atoms with Gasteiger partial charge in [-0.15, -0.1) is 6.42 Å². The molecule has 17 heavy (non-hydrogen) atoms. The van der Waals surface area contributed by atoms with Gasteiger partial charge in [-0.3, -0.25) is 5.32 Å². The normalized spacial score (nSPS) is 13.2. The van der Waals surface area contributed by atoms with Crippen LogP contribution in [-0.2, 0) is 12.7 Å². The van der Waals surface area contributed by atoms with Crippen LogP contribution in [0.2, 0.25) is 0 Å². The zero-order valence-corrected chi connectivity index (χ0v) is 9.11. The van der Waals surface area contributed by atoms with Gasteiger partial charge in [-0.1, -0.05) is 12.0 Å².